The number of piperazine rings is 1. The molecule has 1 fully saturated rings. The Kier molecular flexibility index (Phi) is 8.89. The van der Waals surface area contributed by atoms with Gasteiger partial charge in [0, 0.05) is 45.5 Å². The van der Waals surface area contributed by atoms with Gasteiger partial charge in [-0.3, -0.25) is 9.69 Å². The van der Waals surface area contributed by atoms with E-state index in [1.807, 2.05) is 17.0 Å². The lowest BCUT2D eigenvalue weighted by Gasteiger charge is -2.39. The second-order valence-corrected chi connectivity index (χ2v) is 8.24. The predicted octanol–water partition coefficient (Wildman–Crippen LogP) is 4.45. The number of carbonyl (C=O) groups is 1. The number of benzene rings is 2. The topological polar surface area (TPSA) is 50.6 Å². The highest BCUT2D eigenvalue weighted by molar-refractivity contribution is 5.97. The van der Waals surface area contributed by atoms with Gasteiger partial charge in [0.15, 0.2) is 0 Å². The third kappa shape index (κ3) is 5.99. The van der Waals surface area contributed by atoms with Gasteiger partial charge in [-0.15, -0.1) is 0 Å². The third-order valence-electron chi connectivity index (χ3n) is 5.88. The van der Waals surface area contributed by atoms with Crippen molar-refractivity contribution in [2.75, 3.05) is 39.3 Å². The maximum absolute atomic E-state index is 13.1. The zero-order chi connectivity index (χ0) is 22.8. The summed E-state index contributed by atoms with van der Waals surface area (Å²) >= 11 is 0. The Hall–Kier alpha value is -3.10. The van der Waals surface area contributed by atoms with Gasteiger partial charge in [-0.05, 0) is 24.0 Å². The summed E-state index contributed by atoms with van der Waals surface area (Å²) in [5, 5.41) is 9.65. The molecule has 0 saturated carbocycles. The lowest BCUT2D eigenvalue weighted by molar-refractivity contribution is -0.128. The Bertz CT molecular complexity index is 866. The van der Waals surface area contributed by atoms with E-state index in [2.05, 4.69) is 78.2 Å². The second-order valence-electron chi connectivity index (χ2n) is 8.24. The minimum absolute atomic E-state index is 0.152. The van der Waals surface area contributed by atoms with E-state index >= 15 is 0 Å². The Morgan fingerprint density at radius 3 is 1.88 bits per heavy atom. The summed E-state index contributed by atoms with van der Waals surface area (Å²) in [5.74, 6) is -0.152. The number of nitriles is 1. The van der Waals surface area contributed by atoms with Crippen LogP contribution in [-0.4, -0.2) is 59.9 Å². The summed E-state index contributed by atoms with van der Waals surface area (Å²) in [5.41, 5.74) is 2.75. The van der Waals surface area contributed by atoms with Gasteiger partial charge in [-0.25, -0.2) is 0 Å². The quantitative estimate of drug-likeness (QED) is 0.436. The normalized spacial score (nSPS) is 14.9. The van der Waals surface area contributed by atoms with Gasteiger partial charge in [-0.1, -0.05) is 74.5 Å². The highest BCUT2D eigenvalue weighted by atomic mass is 16.2. The van der Waals surface area contributed by atoms with Crippen molar-refractivity contribution in [2.45, 2.75) is 32.7 Å². The lowest BCUT2D eigenvalue weighted by atomic mass is 9.96. The zero-order valence-corrected chi connectivity index (χ0v) is 19.3. The van der Waals surface area contributed by atoms with Crippen molar-refractivity contribution in [2.24, 2.45) is 0 Å². The van der Waals surface area contributed by atoms with Gasteiger partial charge < -0.3 is 9.80 Å². The first-order chi connectivity index (χ1) is 15.7. The molecule has 0 radical (unpaired) electrons. The summed E-state index contributed by atoms with van der Waals surface area (Å²) in [6.45, 7) is 8.72. The Morgan fingerprint density at radius 1 is 0.938 bits per heavy atom. The monoisotopic (exact) mass is 430 g/mol. The van der Waals surface area contributed by atoms with E-state index in [9.17, 15) is 10.1 Å². The molecule has 32 heavy (non-hydrogen) atoms. The van der Waals surface area contributed by atoms with Crippen molar-refractivity contribution >= 4 is 5.91 Å². The highest BCUT2D eigenvalue weighted by Gasteiger charge is 2.29. The van der Waals surface area contributed by atoms with Gasteiger partial charge in [0.25, 0.3) is 5.91 Å². The van der Waals surface area contributed by atoms with E-state index in [0.29, 0.717) is 13.1 Å². The molecule has 0 atom stereocenters. The molecule has 1 heterocycles. The van der Waals surface area contributed by atoms with Gasteiger partial charge in [0.2, 0.25) is 0 Å². The van der Waals surface area contributed by atoms with Gasteiger partial charge in [-0.2, -0.15) is 5.26 Å². The summed E-state index contributed by atoms with van der Waals surface area (Å²) in [6.07, 6.45) is 3.74. The maximum Gasteiger partial charge on any atom is 0.266 e. The molecule has 2 aromatic carbocycles. The van der Waals surface area contributed by atoms with Crippen molar-refractivity contribution in [1.82, 2.24) is 14.7 Å². The minimum Gasteiger partial charge on any atom is -0.376 e. The van der Waals surface area contributed by atoms with Crippen LogP contribution in [0.25, 0.3) is 0 Å². The van der Waals surface area contributed by atoms with Crippen LogP contribution in [-0.2, 0) is 4.79 Å². The lowest BCUT2D eigenvalue weighted by Crippen LogP contribution is -2.50. The van der Waals surface area contributed by atoms with E-state index in [-0.39, 0.29) is 17.5 Å². The van der Waals surface area contributed by atoms with Crippen LogP contribution in [0.5, 0.6) is 0 Å². The second kappa shape index (κ2) is 12.1. The molecule has 0 unspecified atom stereocenters. The van der Waals surface area contributed by atoms with Crippen molar-refractivity contribution in [1.29, 1.82) is 5.26 Å². The van der Waals surface area contributed by atoms with Crippen molar-refractivity contribution in [3.63, 3.8) is 0 Å². The fourth-order valence-electron chi connectivity index (χ4n) is 4.37. The molecule has 1 amide bonds. The SMILES string of the molecule is CCCN(/C=C(/C#N)C(=O)N1CCN(C(c2ccccc2)c2ccccc2)CC1)CCC. The first kappa shape index (κ1) is 23.6. The fraction of sp³-hybridized carbons (Fsp3) is 0.407. The minimum atomic E-state index is -0.152. The number of rotatable bonds is 9. The molecule has 5 heteroatoms. The number of carbonyl (C=O) groups excluding carboxylic acids is 1. The molecule has 1 aliphatic rings. The predicted molar refractivity (Wildman–Crippen MR) is 129 cm³/mol. The van der Waals surface area contributed by atoms with Crippen molar-refractivity contribution in [3.05, 3.63) is 83.6 Å². The molecule has 0 N–H and O–H groups in total. The zero-order valence-electron chi connectivity index (χ0n) is 19.3. The van der Waals surface area contributed by atoms with Crippen molar-refractivity contribution < 1.29 is 4.79 Å². The Labute approximate surface area is 192 Å². The van der Waals surface area contributed by atoms with Gasteiger partial charge >= 0.3 is 0 Å². The fourth-order valence-corrected chi connectivity index (χ4v) is 4.37. The summed E-state index contributed by atoms with van der Waals surface area (Å²) in [4.78, 5) is 19.4. The van der Waals surface area contributed by atoms with Crippen LogP contribution in [0.1, 0.15) is 43.9 Å². The van der Waals surface area contributed by atoms with E-state index in [1.54, 1.807) is 6.20 Å². The molecule has 0 spiro atoms. The van der Waals surface area contributed by atoms with Crippen LogP contribution < -0.4 is 0 Å². The van der Waals surface area contributed by atoms with E-state index in [1.165, 1.54) is 11.1 Å². The molecule has 0 aromatic heterocycles. The molecule has 1 saturated heterocycles. The molecule has 2 aromatic rings. The van der Waals surface area contributed by atoms with Crippen LogP contribution in [0.15, 0.2) is 72.4 Å². The number of amides is 1. The largest absolute Gasteiger partial charge is 0.376 e. The summed E-state index contributed by atoms with van der Waals surface area (Å²) in [7, 11) is 0. The smallest absolute Gasteiger partial charge is 0.266 e. The molecule has 3 rings (SSSR count). The average molecular weight is 431 g/mol. The summed E-state index contributed by atoms with van der Waals surface area (Å²) in [6, 6.07) is 23.4. The highest BCUT2D eigenvalue weighted by Crippen LogP contribution is 2.29. The number of nitrogens with zero attached hydrogens (tertiary/aromatic N) is 4. The first-order valence-electron chi connectivity index (χ1n) is 11.7. The number of hydrogen-bond acceptors (Lipinski definition) is 4. The van der Waals surface area contributed by atoms with Crippen LogP contribution in [0.3, 0.4) is 0 Å². The Morgan fingerprint density at radius 2 is 1.44 bits per heavy atom. The third-order valence-corrected chi connectivity index (χ3v) is 5.88. The molecular formula is C27H34N4O. The van der Waals surface area contributed by atoms with Crippen LogP contribution >= 0.6 is 0 Å². The van der Waals surface area contributed by atoms with Gasteiger partial charge in [0.05, 0.1) is 6.04 Å². The maximum atomic E-state index is 13.1. The Balaban J connectivity index is 1.72. The molecule has 1 aliphatic heterocycles. The summed E-state index contributed by atoms with van der Waals surface area (Å²) < 4.78 is 0. The molecule has 5 nitrogen and oxygen atoms in total. The molecular weight excluding hydrogens is 396 g/mol. The van der Waals surface area contributed by atoms with E-state index in [4.69, 9.17) is 0 Å². The standard InChI is InChI=1S/C27H34N4O/c1-3-15-29(16-4-2)22-25(21-28)27(32)31-19-17-30(18-20-31)26(23-11-7-5-8-12-23)24-13-9-6-10-14-24/h5-14,22,26H,3-4,15-20H2,1-2H3/b25-22-. The van der Waals surface area contributed by atoms with Crippen LogP contribution in [0.2, 0.25) is 0 Å². The molecule has 168 valence electrons. The first-order valence-corrected chi connectivity index (χ1v) is 11.7. The van der Waals surface area contributed by atoms with E-state index in [0.717, 1.165) is 39.0 Å². The molecule has 0 bridgehead atoms. The number of hydrogen-bond donors (Lipinski definition) is 0. The van der Waals surface area contributed by atoms with Crippen molar-refractivity contribution in [3.8, 4) is 6.07 Å². The average Bonchev–Trinajstić information content (AvgIpc) is 2.84. The van der Waals surface area contributed by atoms with Gasteiger partial charge in [0.1, 0.15) is 11.6 Å². The van der Waals surface area contributed by atoms with Crippen LogP contribution in [0, 0.1) is 11.3 Å². The van der Waals surface area contributed by atoms with E-state index < -0.39 is 0 Å². The van der Waals surface area contributed by atoms with Crippen LogP contribution in [0.4, 0.5) is 0 Å². The molecule has 0 aliphatic carbocycles.